The van der Waals surface area contributed by atoms with Gasteiger partial charge in [-0.15, -0.1) is 0 Å². The lowest BCUT2D eigenvalue weighted by Gasteiger charge is -2.31. The normalized spacial score (nSPS) is 17.4. The molecule has 0 amide bonds. The molecule has 0 bridgehead atoms. The molecule has 2 aromatic rings. The van der Waals surface area contributed by atoms with Gasteiger partial charge in [0.05, 0.1) is 5.69 Å². The van der Waals surface area contributed by atoms with E-state index in [0.29, 0.717) is 0 Å². The van der Waals surface area contributed by atoms with Crippen LogP contribution in [0.25, 0.3) is 0 Å². The van der Waals surface area contributed by atoms with Gasteiger partial charge in [-0.05, 0) is 24.8 Å². The molecule has 3 rings (SSSR count). The minimum absolute atomic E-state index is 0.129. The molecule has 1 aliphatic carbocycles. The highest BCUT2D eigenvalue weighted by Gasteiger charge is 2.35. The fraction of sp³-hybridized carbons (Fsp3) is 0.471. The van der Waals surface area contributed by atoms with Crippen LogP contribution >= 0.6 is 0 Å². The van der Waals surface area contributed by atoms with Crippen molar-refractivity contribution >= 4 is 0 Å². The van der Waals surface area contributed by atoms with E-state index in [-0.39, 0.29) is 5.54 Å². The molecule has 1 N–H and O–H groups in total. The first kappa shape index (κ1) is 13.4. The monoisotopic (exact) mass is 270 g/mol. The van der Waals surface area contributed by atoms with Gasteiger partial charge in [0, 0.05) is 17.6 Å². The fourth-order valence-electron chi connectivity index (χ4n) is 3.28. The fourth-order valence-corrected chi connectivity index (χ4v) is 3.28. The van der Waals surface area contributed by atoms with Crippen molar-refractivity contribution in [3.8, 4) is 0 Å². The molecule has 0 atom stereocenters. The molecule has 0 radical (unpaired) electrons. The summed E-state index contributed by atoms with van der Waals surface area (Å²) in [6, 6.07) is 10.8. The van der Waals surface area contributed by atoms with Crippen molar-refractivity contribution in [1.82, 2.24) is 10.5 Å². The molecule has 0 spiro atoms. The Hall–Kier alpha value is -1.61. The molecule has 1 heterocycles. The van der Waals surface area contributed by atoms with Gasteiger partial charge in [-0.3, -0.25) is 0 Å². The van der Waals surface area contributed by atoms with Crippen molar-refractivity contribution in [3.63, 3.8) is 0 Å². The number of nitrogens with zero attached hydrogens (tertiary/aromatic N) is 1. The second kappa shape index (κ2) is 5.80. The van der Waals surface area contributed by atoms with Crippen LogP contribution in [0.5, 0.6) is 0 Å². The van der Waals surface area contributed by atoms with Crippen LogP contribution in [0.3, 0.4) is 0 Å². The summed E-state index contributed by atoms with van der Waals surface area (Å²) in [4.78, 5) is 0. The quantitative estimate of drug-likeness (QED) is 0.898. The maximum absolute atomic E-state index is 5.10. The zero-order valence-corrected chi connectivity index (χ0v) is 12.1. The van der Waals surface area contributed by atoms with Crippen molar-refractivity contribution in [2.24, 2.45) is 0 Å². The minimum Gasteiger partial charge on any atom is -0.364 e. The zero-order chi connectivity index (χ0) is 13.8. The van der Waals surface area contributed by atoms with Crippen molar-refractivity contribution in [1.29, 1.82) is 0 Å². The summed E-state index contributed by atoms with van der Waals surface area (Å²) in [5.74, 6) is 0. The highest BCUT2D eigenvalue weighted by Crippen LogP contribution is 2.38. The van der Waals surface area contributed by atoms with Gasteiger partial charge in [0.15, 0.2) is 0 Å². The first-order valence-electron chi connectivity index (χ1n) is 7.57. The molecular weight excluding hydrogens is 248 g/mol. The smallest absolute Gasteiger partial charge is 0.128 e. The molecule has 1 aromatic carbocycles. The number of benzene rings is 1. The highest BCUT2D eigenvalue weighted by molar-refractivity contribution is 5.26. The Labute approximate surface area is 120 Å². The third kappa shape index (κ3) is 2.50. The molecule has 1 saturated carbocycles. The van der Waals surface area contributed by atoms with Crippen molar-refractivity contribution < 1.29 is 4.52 Å². The summed E-state index contributed by atoms with van der Waals surface area (Å²) < 4.78 is 5.10. The molecule has 106 valence electrons. The molecule has 1 aromatic heterocycles. The molecule has 1 fully saturated rings. The molecule has 0 unspecified atom stereocenters. The van der Waals surface area contributed by atoms with Crippen LogP contribution < -0.4 is 5.32 Å². The third-order valence-corrected chi connectivity index (χ3v) is 4.46. The maximum Gasteiger partial charge on any atom is 0.128 e. The Bertz CT molecular complexity index is 541. The molecule has 20 heavy (non-hydrogen) atoms. The number of nitrogens with one attached hydrogen (secondary N) is 1. The van der Waals surface area contributed by atoms with E-state index in [9.17, 15) is 0 Å². The molecule has 3 nitrogen and oxygen atoms in total. The van der Waals surface area contributed by atoms with Gasteiger partial charge >= 0.3 is 0 Å². The van der Waals surface area contributed by atoms with Crippen LogP contribution in [0.2, 0.25) is 0 Å². The van der Waals surface area contributed by atoms with Crippen LogP contribution in [0.15, 0.2) is 41.1 Å². The minimum atomic E-state index is 0.129. The lowest BCUT2D eigenvalue weighted by atomic mass is 9.88. The van der Waals surface area contributed by atoms with Gasteiger partial charge in [-0.25, -0.2) is 0 Å². The lowest BCUT2D eigenvalue weighted by Crippen LogP contribution is -2.39. The van der Waals surface area contributed by atoms with Crippen LogP contribution in [-0.2, 0) is 18.5 Å². The second-order valence-corrected chi connectivity index (χ2v) is 5.65. The standard InChI is InChI=1S/C17H22N2O/c1-2-16-14(13-20-19-16)12-18-17(10-6-7-11-17)15-8-4-3-5-9-15/h3-5,8-9,13,18H,2,6-7,10-12H2,1H3. The van der Waals surface area contributed by atoms with Gasteiger partial charge in [0.2, 0.25) is 0 Å². The van der Waals surface area contributed by atoms with Gasteiger partial charge in [-0.1, -0.05) is 55.3 Å². The number of rotatable bonds is 5. The maximum atomic E-state index is 5.10. The number of aryl methyl sites for hydroxylation is 1. The van der Waals surface area contributed by atoms with Crippen LogP contribution in [0.4, 0.5) is 0 Å². The molecule has 0 aliphatic heterocycles. The number of hydrogen-bond donors (Lipinski definition) is 1. The topological polar surface area (TPSA) is 38.1 Å². The van der Waals surface area contributed by atoms with Crippen molar-refractivity contribution in [2.45, 2.75) is 51.1 Å². The summed E-state index contributed by atoms with van der Waals surface area (Å²) >= 11 is 0. The Kier molecular flexibility index (Phi) is 3.88. The van der Waals surface area contributed by atoms with Gasteiger partial charge in [0.25, 0.3) is 0 Å². The van der Waals surface area contributed by atoms with E-state index in [0.717, 1.165) is 18.7 Å². The first-order valence-corrected chi connectivity index (χ1v) is 7.57. The Morgan fingerprint density at radius 3 is 2.65 bits per heavy atom. The van der Waals surface area contributed by atoms with Gasteiger partial charge < -0.3 is 9.84 Å². The van der Waals surface area contributed by atoms with E-state index in [4.69, 9.17) is 4.52 Å². The van der Waals surface area contributed by atoms with Crippen LogP contribution in [0.1, 0.15) is 49.4 Å². The van der Waals surface area contributed by atoms with E-state index < -0.39 is 0 Å². The Morgan fingerprint density at radius 2 is 1.95 bits per heavy atom. The summed E-state index contributed by atoms with van der Waals surface area (Å²) in [7, 11) is 0. The molecular formula is C17H22N2O. The lowest BCUT2D eigenvalue weighted by molar-refractivity contribution is 0.337. The average Bonchev–Trinajstić information content (AvgIpc) is 3.16. The Morgan fingerprint density at radius 1 is 1.20 bits per heavy atom. The summed E-state index contributed by atoms with van der Waals surface area (Å²) in [6.45, 7) is 2.95. The number of aromatic nitrogens is 1. The summed E-state index contributed by atoms with van der Waals surface area (Å²) in [6.07, 6.45) is 7.72. The highest BCUT2D eigenvalue weighted by atomic mass is 16.5. The molecule has 3 heteroatoms. The molecule has 1 aliphatic rings. The first-order chi connectivity index (χ1) is 9.84. The predicted molar refractivity (Wildman–Crippen MR) is 79.3 cm³/mol. The van der Waals surface area contributed by atoms with E-state index in [1.165, 1.54) is 36.8 Å². The summed E-state index contributed by atoms with van der Waals surface area (Å²) in [5.41, 5.74) is 3.80. The van der Waals surface area contributed by atoms with E-state index in [2.05, 4.69) is 47.7 Å². The zero-order valence-electron chi connectivity index (χ0n) is 12.1. The van der Waals surface area contributed by atoms with Gasteiger partial charge in [0.1, 0.15) is 6.26 Å². The van der Waals surface area contributed by atoms with Crippen molar-refractivity contribution in [3.05, 3.63) is 53.4 Å². The van der Waals surface area contributed by atoms with Crippen molar-refractivity contribution in [2.75, 3.05) is 0 Å². The molecule has 0 saturated heterocycles. The van der Waals surface area contributed by atoms with E-state index >= 15 is 0 Å². The second-order valence-electron chi connectivity index (χ2n) is 5.65. The third-order valence-electron chi connectivity index (χ3n) is 4.46. The van der Waals surface area contributed by atoms with Crippen LogP contribution in [0, 0.1) is 0 Å². The number of hydrogen-bond acceptors (Lipinski definition) is 3. The van der Waals surface area contributed by atoms with Crippen LogP contribution in [-0.4, -0.2) is 5.16 Å². The largest absolute Gasteiger partial charge is 0.364 e. The average molecular weight is 270 g/mol. The van der Waals surface area contributed by atoms with Gasteiger partial charge in [-0.2, -0.15) is 0 Å². The Balaban J connectivity index is 1.79. The SMILES string of the molecule is CCc1nocc1CNC1(c2ccccc2)CCCC1. The predicted octanol–water partition coefficient (Wildman–Crippen LogP) is 3.80. The van der Waals surface area contributed by atoms with E-state index in [1.807, 2.05) is 0 Å². The van der Waals surface area contributed by atoms with E-state index in [1.54, 1.807) is 6.26 Å². The summed E-state index contributed by atoms with van der Waals surface area (Å²) in [5, 5.41) is 7.85.